The van der Waals surface area contributed by atoms with Gasteiger partial charge in [0.25, 0.3) is 0 Å². The number of ether oxygens (including phenoxy) is 4. The van der Waals surface area contributed by atoms with Crippen LogP contribution in [0.4, 0.5) is 0 Å². The molecular weight excluding hydrogens is 304 g/mol. The van der Waals surface area contributed by atoms with Crippen LogP contribution in [0, 0.1) is 0 Å². The first-order valence-corrected chi connectivity index (χ1v) is 7.03. The topological polar surface area (TPSA) is 158 Å². The molecule has 2 bridgehead atoms. The maximum absolute atomic E-state index is 9.93. The van der Waals surface area contributed by atoms with E-state index in [0.29, 0.717) is 0 Å². The van der Waals surface area contributed by atoms with Crippen LogP contribution in [0.25, 0.3) is 0 Å². The summed E-state index contributed by atoms with van der Waals surface area (Å²) in [6.07, 6.45) is -12.1. The van der Waals surface area contributed by atoms with Crippen LogP contribution < -0.4 is 0 Å². The van der Waals surface area contributed by atoms with Crippen molar-refractivity contribution in [2.75, 3.05) is 13.2 Å². The highest BCUT2D eigenvalue weighted by atomic mass is 16.7. The van der Waals surface area contributed by atoms with Gasteiger partial charge in [-0.1, -0.05) is 0 Å². The highest BCUT2D eigenvalue weighted by Gasteiger charge is 2.54. The highest BCUT2D eigenvalue weighted by molar-refractivity contribution is 4.97. The average Bonchev–Trinajstić information content (AvgIpc) is 2.82. The number of aliphatic hydroxyl groups is 6. The van der Waals surface area contributed by atoms with Gasteiger partial charge >= 0.3 is 0 Å². The van der Waals surface area contributed by atoms with E-state index >= 15 is 0 Å². The molecule has 0 aliphatic carbocycles. The van der Waals surface area contributed by atoms with Gasteiger partial charge in [0, 0.05) is 0 Å². The zero-order chi connectivity index (χ0) is 16.0. The van der Waals surface area contributed by atoms with Crippen molar-refractivity contribution in [1.29, 1.82) is 0 Å². The lowest BCUT2D eigenvalue weighted by Crippen LogP contribution is -2.62. The molecule has 0 aromatic carbocycles. The van der Waals surface area contributed by atoms with Crippen molar-refractivity contribution >= 4 is 0 Å². The van der Waals surface area contributed by atoms with E-state index in [1.54, 1.807) is 0 Å². The third-order valence-corrected chi connectivity index (χ3v) is 4.23. The molecule has 3 aliphatic heterocycles. The maximum Gasteiger partial charge on any atom is 0.187 e. The Balaban J connectivity index is 1.70. The van der Waals surface area contributed by atoms with Gasteiger partial charge in [-0.15, -0.1) is 0 Å². The number of aliphatic hydroxyl groups excluding tert-OH is 6. The number of hydrogen-bond donors (Lipinski definition) is 6. The molecule has 10 nitrogen and oxygen atoms in total. The Hall–Kier alpha value is -0.400. The lowest BCUT2D eigenvalue weighted by Gasteiger charge is -2.43. The van der Waals surface area contributed by atoms with Crippen LogP contribution >= 0.6 is 0 Å². The van der Waals surface area contributed by atoms with E-state index in [9.17, 15) is 25.5 Å². The van der Waals surface area contributed by atoms with Crippen molar-refractivity contribution in [3.63, 3.8) is 0 Å². The van der Waals surface area contributed by atoms with Crippen molar-refractivity contribution in [1.82, 2.24) is 0 Å². The van der Waals surface area contributed by atoms with Gasteiger partial charge in [0.15, 0.2) is 12.6 Å². The van der Waals surface area contributed by atoms with Gasteiger partial charge < -0.3 is 49.6 Å². The zero-order valence-corrected chi connectivity index (χ0v) is 11.5. The van der Waals surface area contributed by atoms with Gasteiger partial charge in [0.1, 0.15) is 48.8 Å². The molecule has 0 spiro atoms. The van der Waals surface area contributed by atoms with Crippen molar-refractivity contribution in [2.45, 2.75) is 61.4 Å². The van der Waals surface area contributed by atoms with Gasteiger partial charge in [0.2, 0.25) is 0 Å². The van der Waals surface area contributed by atoms with E-state index in [2.05, 4.69) is 0 Å². The van der Waals surface area contributed by atoms with Crippen LogP contribution in [0.3, 0.4) is 0 Å². The van der Waals surface area contributed by atoms with Crippen LogP contribution in [0.2, 0.25) is 0 Å². The fourth-order valence-electron chi connectivity index (χ4n) is 2.94. The minimum Gasteiger partial charge on any atom is -0.394 e. The molecule has 3 aliphatic rings. The molecule has 0 amide bonds. The Morgan fingerprint density at radius 3 is 2.32 bits per heavy atom. The Kier molecular flexibility index (Phi) is 4.67. The summed E-state index contributed by atoms with van der Waals surface area (Å²) in [5, 5.41) is 57.8. The second kappa shape index (κ2) is 6.24. The minimum absolute atomic E-state index is 0.0842. The quantitative estimate of drug-likeness (QED) is 0.299. The monoisotopic (exact) mass is 324 g/mol. The third-order valence-electron chi connectivity index (χ3n) is 4.23. The molecule has 3 fully saturated rings. The number of fused-ring (bicyclic) bond motifs is 2. The van der Waals surface area contributed by atoms with Gasteiger partial charge in [-0.2, -0.15) is 0 Å². The predicted molar refractivity (Wildman–Crippen MR) is 65.3 cm³/mol. The summed E-state index contributed by atoms with van der Waals surface area (Å²) >= 11 is 0. The molecule has 10 heteroatoms. The SMILES string of the molecule is OCC1O[C@@H](O[C@@H]2C3COC2C(O)[C@H](O)O3)[C@@H](O)[C@@H](O)[C@H]1O. The van der Waals surface area contributed by atoms with Crippen molar-refractivity contribution < 1.29 is 49.6 Å². The summed E-state index contributed by atoms with van der Waals surface area (Å²) in [6, 6.07) is 0. The molecule has 0 radical (unpaired) electrons. The molecule has 0 aromatic rings. The van der Waals surface area contributed by atoms with E-state index in [0.717, 1.165) is 0 Å². The summed E-state index contributed by atoms with van der Waals surface area (Å²) in [5.41, 5.74) is 0. The van der Waals surface area contributed by atoms with Crippen molar-refractivity contribution in [2.24, 2.45) is 0 Å². The normalized spacial score (nSPS) is 55.4. The molecule has 128 valence electrons. The van der Waals surface area contributed by atoms with E-state index in [4.69, 9.17) is 24.1 Å². The molecule has 0 saturated carbocycles. The van der Waals surface area contributed by atoms with Crippen molar-refractivity contribution in [3.8, 4) is 0 Å². The summed E-state index contributed by atoms with van der Waals surface area (Å²) < 4.78 is 21.2. The van der Waals surface area contributed by atoms with Crippen LogP contribution in [-0.2, 0) is 18.9 Å². The summed E-state index contributed by atoms with van der Waals surface area (Å²) in [4.78, 5) is 0. The first-order chi connectivity index (χ1) is 10.4. The summed E-state index contributed by atoms with van der Waals surface area (Å²) in [6.45, 7) is -0.489. The lowest BCUT2D eigenvalue weighted by molar-refractivity contribution is -0.336. The summed E-state index contributed by atoms with van der Waals surface area (Å²) in [7, 11) is 0. The van der Waals surface area contributed by atoms with Crippen LogP contribution in [0.15, 0.2) is 0 Å². The molecule has 10 atom stereocenters. The van der Waals surface area contributed by atoms with Crippen LogP contribution in [-0.4, -0.2) is 105 Å². The van der Waals surface area contributed by atoms with Gasteiger partial charge in [0.05, 0.1) is 13.2 Å². The molecular formula is C12H20O10. The van der Waals surface area contributed by atoms with Gasteiger partial charge in [-0.05, 0) is 0 Å². The molecule has 3 saturated heterocycles. The second-order valence-electron chi connectivity index (χ2n) is 5.65. The Labute approximate surface area is 125 Å². The maximum atomic E-state index is 9.93. The Morgan fingerprint density at radius 1 is 0.909 bits per heavy atom. The predicted octanol–water partition coefficient (Wildman–Crippen LogP) is -4.35. The first-order valence-electron chi connectivity index (χ1n) is 7.03. The standard InChI is InChI=1S/C12H20O10/c13-1-3-5(14)6(15)7(16)12(21-3)22-9-4-2-19-10(9)8(17)11(18)20-4/h3-18H,1-2H2/t3?,4?,5-,6-,7-,8?,9+,10?,11+,12-/m0/s1. The molecule has 0 aromatic heterocycles. The van der Waals surface area contributed by atoms with E-state index in [1.165, 1.54) is 0 Å². The van der Waals surface area contributed by atoms with E-state index < -0.39 is 68.0 Å². The van der Waals surface area contributed by atoms with E-state index in [1.807, 2.05) is 0 Å². The minimum atomic E-state index is -1.56. The third kappa shape index (κ3) is 2.65. The van der Waals surface area contributed by atoms with Crippen LogP contribution in [0.5, 0.6) is 0 Å². The van der Waals surface area contributed by atoms with Crippen molar-refractivity contribution in [3.05, 3.63) is 0 Å². The molecule has 22 heavy (non-hydrogen) atoms. The second-order valence-corrected chi connectivity index (χ2v) is 5.65. The number of hydrogen-bond acceptors (Lipinski definition) is 10. The summed E-state index contributed by atoms with van der Waals surface area (Å²) in [5.74, 6) is 0. The molecule has 3 heterocycles. The number of rotatable bonds is 3. The lowest BCUT2D eigenvalue weighted by atomic mass is 9.98. The van der Waals surface area contributed by atoms with Gasteiger partial charge in [-0.25, -0.2) is 0 Å². The molecule has 3 rings (SSSR count). The Bertz CT molecular complexity index is 392. The van der Waals surface area contributed by atoms with E-state index in [-0.39, 0.29) is 6.61 Å². The fraction of sp³-hybridized carbons (Fsp3) is 1.00. The Morgan fingerprint density at radius 2 is 1.64 bits per heavy atom. The molecule has 6 N–H and O–H groups in total. The van der Waals surface area contributed by atoms with Gasteiger partial charge in [-0.3, -0.25) is 0 Å². The first kappa shape index (κ1) is 16.5. The largest absolute Gasteiger partial charge is 0.394 e. The smallest absolute Gasteiger partial charge is 0.187 e. The highest BCUT2D eigenvalue weighted by Crippen LogP contribution is 2.33. The van der Waals surface area contributed by atoms with Crippen LogP contribution in [0.1, 0.15) is 0 Å². The fourth-order valence-corrected chi connectivity index (χ4v) is 2.94. The molecule has 4 unspecified atom stereocenters. The zero-order valence-electron chi connectivity index (χ0n) is 11.5. The average molecular weight is 324 g/mol.